The maximum Gasteiger partial charge on any atom is 0.151 e. The molecule has 0 amide bonds. The average molecular weight is 344 g/mol. The molecule has 1 aromatic rings. The summed E-state index contributed by atoms with van der Waals surface area (Å²) in [4.78, 5) is 5.02. The zero-order chi connectivity index (χ0) is 15.7. The van der Waals surface area contributed by atoms with Crippen LogP contribution in [0, 0.1) is 13.8 Å². The van der Waals surface area contributed by atoms with Gasteiger partial charge in [-0.2, -0.15) is 0 Å². The number of aryl methyl sites for hydroxylation is 2. The van der Waals surface area contributed by atoms with Crippen molar-refractivity contribution in [2.75, 3.05) is 24.7 Å². The van der Waals surface area contributed by atoms with Crippen LogP contribution in [0.15, 0.2) is 6.07 Å². The van der Waals surface area contributed by atoms with E-state index in [-0.39, 0.29) is 12.1 Å². The first kappa shape index (κ1) is 16.4. The first-order valence-corrected chi connectivity index (χ1v) is 10.7. The van der Waals surface area contributed by atoms with Crippen LogP contribution in [-0.2, 0) is 21.1 Å². The summed E-state index contributed by atoms with van der Waals surface area (Å²) in [5, 5.41) is 0. The van der Waals surface area contributed by atoms with Crippen LogP contribution in [0.2, 0.25) is 0 Å². The van der Waals surface area contributed by atoms with Gasteiger partial charge in [-0.3, -0.25) is 4.90 Å². The second-order valence-electron chi connectivity index (χ2n) is 6.56. The molecule has 2 aliphatic rings. The Kier molecular flexibility index (Phi) is 4.92. The second kappa shape index (κ2) is 6.59. The lowest BCUT2D eigenvalue weighted by molar-refractivity contribution is 0.0574. The highest BCUT2D eigenvalue weighted by Gasteiger charge is 2.34. The van der Waals surface area contributed by atoms with E-state index in [0.717, 1.165) is 39.0 Å². The van der Waals surface area contributed by atoms with Crippen molar-refractivity contribution in [3.8, 4) is 0 Å². The minimum Gasteiger partial charge on any atom is -0.377 e. The summed E-state index contributed by atoms with van der Waals surface area (Å²) >= 11 is 1.82. The zero-order valence-electron chi connectivity index (χ0n) is 13.4. The van der Waals surface area contributed by atoms with E-state index in [0.29, 0.717) is 11.5 Å². The molecule has 0 bridgehead atoms. The molecule has 4 nitrogen and oxygen atoms in total. The SMILES string of the molecule is Cc1cc(CN(CC2CCCO2)C2CCS(=O)(=O)C2)c(C)s1. The molecule has 0 spiro atoms. The minimum absolute atomic E-state index is 0.147. The number of ether oxygens (including phenoxy) is 1. The van der Waals surface area contributed by atoms with Gasteiger partial charge in [0.15, 0.2) is 9.84 Å². The Morgan fingerprint density at radius 2 is 2.18 bits per heavy atom. The fraction of sp³-hybridized carbons (Fsp3) is 0.750. The third-order valence-electron chi connectivity index (χ3n) is 4.70. The molecular weight excluding hydrogens is 318 g/mol. The van der Waals surface area contributed by atoms with Crippen molar-refractivity contribution >= 4 is 21.2 Å². The van der Waals surface area contributed by atoms with Gasteiger partial charge >= 0.3 is 0 Å². The molecule has 2 fully saturated rings. The molecule has 0 aliphatic carbocycles. The van der Waals surface area contributed by atoms with E-state index >= 15 is 0 Å². The van der Waals surface area contributed by atoms with E-state index in [1.807, 2.05) is 11.3 Å². The number of nitrogens with zero attached hydrogens (tertiary/aromatic N) is 1. The molecular formula is C16H25NO3S2. The van der Waals surface area contributed by atoms with Crippen molar-refractivity contribution in [2.24, 2.45) is 0 Å². The van der Waals surface area contributed by atoms with Crippen LogP contribution < -0.4 is 0 Å². The summed E-state index contributed by atoms with van der Waals surface area (Å²) in [5.74, 6) is 0.642. The van der Waals surface area contributed by atoms with Crippen LogP contribution in [0.25, 0.3) is 0 Å². The second-order valence-corrected chi connectivity index (χ2v) is 10.2. The first-order chi connectivity index (χ1) is 10.4. The Bertz CT molecular complexity index is 617. The summed E-state index contributed by atoms with van der Waals surface area (Å²) in [7, 11) is -2.85. The van der Waals surface area contributed by atoms with Gasteiger partial charge in [-0.15, -0.1) is 11.3 Å². The van der Waals surface area contributed by atoms with Crippen molar-refractivity contribution in [1.29, 1.82) is 0 Å². The highest BCUT2D eigenvalue weighted by molar-refractivity contribution is 7.91. The predicted octanol–water partition coefficient (Wildman–Crippen LogP) is 2.53. The molecule has 0 radical (unpaired) electrons. The van der Waals surface area contributed by atoms with Crippen molar-refractivity contribution in [3.63, 3.8) is 0 Å². The van der Waals surface area contributed by atoms with E-state index in [1.165, 1.54) is 15.3 Å². The molecule has 3 heterocycles. The van der Waals surface area contributed by atoms with Gasteiger partial charge < -0.3 is 4.74 Å². The molecule has 0 N–H and O–H groups in total. The van der Waals surface area contributed by atoms with Crippen molar-refractivity contribution in [2.45, 2.75) is 51.8 Å². The Labute approximate surface area is 137 Å². The van der Waals surface area contributed by atoms with Crippen molar-refractivity contribution < 1.29 is 13.2 Å². The monoisotopic (exact) mass is 343 g/mol. The molecule has 2 atom stereocenters. The number of sulfone groups is 1. The molecule has 2 unspecified atom stereocenters. The normalized spacial score (nSPS) is 27.8. The maximum atomic E-state index is 11.9. The van der Waals surface area contributed by atoms with Gasteiger partial charge in [0.05, 0.1) is 17.6 Å². The average Bonchev–Trinajstić information content (AvgIpc) is 3.12. The van der Waals surface area contributed by atoms with Crippen LogP contribution in [0.5, 0.6) is 0 Å². The quantitative estimate of drug-likeness (QED) is 0.824. The lowest BCUT2D eigenvalue weighted by atomic mass is 10.1. The summed E-state index contributed by atoms with van der Waals surface area (Å²) in [6.07, 6.45) is 3.25. The van der Waals surface area contributed by atoms with Crippen molar-refractivity contribution in [1.82, 2.24) is 4.90 Å². The van der Waals surface area contributed by atoms with Gasteiger partial charge in [0.2, 0.25) is 0 Å². The third-order valence-corrected chi connectivity index (χ3v) is 7.46. The highest BCUT2D eigenvalue weighted by atomic mass is 32.2. The van der Waals surface area contributed by atoms with Gasteiger partial charge in [0, 0.05) is 35.5 Å². The highest BCUT2D eigenvalue weighted by Crippen LogP contribution is 2.27. The Morgan fingerprint density at radius 3 is 2.73 bits per heavy atom. The molecule has 0 aromatic carbocycles. The molecule has 124 valence electrons. The van der Waals surface area contributed by atoms with Gasteiger partial charge in [-0.1, -0.05) is 0 Å². The smallest absolute Gasteiger partial charge is 0.151 e. The number of hydrogen-bond acceptors (Lipinski definition) is 5. The van der Waals surface area contributed by atoms with Gasteiger partial charge in [0.1, 0.15) is 0 Å². The van der Waals surface area contributed by atoms with Gasteiger partial charge in [0.25, 0.3) is 0 Å². The molecule has 2 saturated heterocycles. The van der Waals surface area contributed by atoms with E-state index < -0.39 is 9.84 Å². The van der Waals surface area contributed by atoms with Gasteiger partial charge in [-0.05, 0) is 44.7 Å². The third kappa shape index (κ3) is 3.91. The Hall–Kier alpha value is -0.430. The molecule has 6 heteroatoms. The van der Waals surface area contributed by atoms with E-state index in [1.54, 1.807) is 0 Å². The van der Waals surface area contributed by atoms with Crippen LogP contribution in [0.3, 0.4) is 0 Å². The fourth-order valence-electron chi connectivity index (χ4n) is 3.52. The summed E-state index contributed by atoms with van der Waals surface area (Å²) < 4.78 is 29.5. The van der Waals surface area contributed by atoms with Crippen LogP contribution >= 0.6 is 11.3 Å². The maximum absolute atomic E-state index is 11.9. The van der Waals surface area contributed by atoms with Crippen molar-refractivity contribution in [3.05, 3.63) is 21.4 Å². The number of hydrogen-bond donors (Lipinski definition) is 0. The fourth-order valence-corrected chi connectivity index (χ4v) is 6.22. The van der Waals surface area contributed by atoms with E-state index in [9.17, 15) is 8.42 Å². The largest absolute Gasteiger partial charge is 0.377 e. The molecule has 2 aliphatic heterocycles. The predicted molar refractivity (Wildman–Crippen MR) is 90.2 cm³/mol. The van der Waals surface area contributed by atoms with Crippen LogP contribution in [0.1, 0.15) is 34.6 Å². The van der Waals surface area contributed by atoms with Gasteiger partial charge in [-0.25, -0.2) is 8.42 Å². The van der Waals surface area contributed by atoms with E-state index in [2.05, 4.69) is 24.8 Å². The molecule has 3 rings (SSSR count). The minimum atomic E-state index is -2.85. The lowest BCUT2D eigenvalue weighted by Gasteiger charge is -2.30. The number of thiophene rings is 1. The summed E-state index contributed by atoms with van der Waals surface area (Å²) in [6, 6.07) is 2.39. The molecule has 22 heavy (non-hydrogen) atoms. The number of rotatable bonds is 5. The topological polar surface area (TPSA) is 46.6 Å². The Balaban J connectivity index is 1.74. The molecule has 1 aromatic heterocycles. The Morgan fingerprint density at radius 1 is 1.36 bits per heavy atom. The first-order valence-electron chi connectivity index (χ1n) is 8.05. The van der Waals surface area contributed by atoms with E-state index in [4.69, 9.17) is 4.74 Å². The summed E-state index contributed by atoms with van der Waals surface area (Å²) in [5.41, 5.74) is 1.34. The zero-order valence-corrected chi connectivity index (χ0v) is 15.0. The summed E-state index contributed by atoms with van der Waals surface area (Å²) in [6.45, 7) is 6.83. The standard InChI is InChI=1S/C16H25NO3S2/c1-12-8-14(13(2)21-12)9-17(10-16-4-3-6-20-16)15-5-7-22(18,19)11-15/h8,15-16H,3-7,9-11H2,1-2H3. The van der Waals surface area contributed by atoms with Crippen LogP contribution in [0.4, 0.5) is 0 Å². The lowest BCUT2D eigenvalue weighted by Crippen LogP contribution is -2.40. The molecule has 0 saturated carbocycles. The van der Waals surface area contributed by atoms with Crippen LogP contribution in [-0.4, -0.2) is 50.1 Å².